The van der Waals surface area contributed by atoms with Crippen LogP contribution in [0, 0.1) is 12.7 Å². The first-order chi connectivity index (χ1) is 16.0. The Balaban J connectivity index is 1.42. The van der Waals surface area contributed by atoms with Gasteiger partial charge < -0.3 is 9.30 Å². The van der Waals surface area contributed by atoms with E-state index in [0.717, 1.165) is 52.3 Å². The largest absolute Gasteiger partial charge is 0.479 e. The van der Waals surface area contributed by atoms with Crippen LogP contribution in [0.3, 0.4) is 0 Å². The number of halogens is 2. The lowest BCUT2D eigenvalue weighted by molar-refractivity contribution is 0.395. The lowest BCUT2D eigenvalue weighted by Gasteiger charge is -2.23. The van der Waals surface area contributed by atoms with Crippen molar-refractivity contribution >= 4 is 28.1 Å². The SMILES string of the molecule is COc1nc(C=Cc2nc3n(n2)CCC[C@H]3c2ccc(F)cc2Br)ccc1-n1cnc(C)c1. The van der Waals surface area contributed by atoms with E-state index in [4.69, 9.17) is 9.72 Å². The van der Waals surface area contributed by atoms with Gasteiger partial charge in [-0.3, -0.25) is 0 Å². The van der Waals surface area contributed by atoms with Gasteiger partial charge in [-0.15, -0.1) is 0 Å². The average molecular weight is 509 g/mol. The van der Waals surface area contributed by atoms with Gasteiger partial charge in [0.25, 0.3) is 0 Å². The van der Waals surface area contributed by atoms with E-state index in [1.807, 2.05) is 52.7 Å². The summed E-state index contributed by atoms with van der Waals surface area (Å²) in [7, 11) is 1.60. The number of hydrogen-bond donors (Lipinski definition) is 0. The van der Waals surface area contributed by atoms with Crippen molar-refractivity contribution in [2.75, 3.05) is 7.11 Å². The van der Waals surface area contributed by atoms with Gasteiger partial charge in [0.05, 0.1) is 24.8 Å². The van der Waals surface area contributed by atoms with Crippen LogP contribution in [0.2, 0.25) is 0 Å². The first-order valence-corrected chi connectivity index (χ1v) is 11.4. The van der Waals surface area contributed by atoms with E-state index in [2.05, 4.69) is 31.0 Å². The normalized spacial score (nSPS) is 15.7. The smallest absolute Gasteiger partial charge is 0.238 e. The van der Waals surface area contributed by atoms with Gasteiger partial charge in [0.15, 0.2) is 5.82 Å². The summed E-state index contributed by atoms with van der Waals surface area (Å²) < 4.78 is 23.6. The van der Waals surface area contributed by atoms with Crippen molar-refractivity contribution < 1.29 is 9.13 Å². The monoisotopic (exact) mass is 508 g/mol. The highest BCUT2D eigenvalue weighted by molar-refractivity contribution is 9.10. The molecule has 1 atom stereocenters. The summed E-state index contributed by atoms with van der Waals surface area (Å²) in [6.45, 7) is 2.75. The van der Waals surface area contributed by atoms with E-state index in [0.29, 0.717) is 11.7 Å². The van der Waals surface area contributed by atoms with E-state index in [1.54, 1.807) is 13.4 Å². The number of aromatic nitrogens is 6. The molecule has 3 aromatic heterocycles. The van der Waals surface area contributed by atoms with Crippen LogP contribution < -0.4 is 4.74 Å². The minimum absolute atomic E-state index is 0.0690. The van der Waals surface area contributed by atoms with Gasteiger partial charge in [-0.25, -0.2) is 24.0 Å². The zero-order valence-electron chi connectivity index (χ0n) is 18.2. The highest BCUT2D eigenvalue weighted by atomic mass is 79.9. The number of imidazole rings is 1. The maximum Gasteiger partial charge on any atom is 0.238 e. The number of ether oxygens (including phenoxy) is 1. The van der Waals surface area contributed by atoms with Gasteiger partial charge in [0.2, 0.25) is 5.88 Å². The number of hydrogen-bond acceptors (Lipinski definition) is 5. The summed E-state index contributed by atoms with van der Waals surface area (Å²) in [6, 6.07) is 8.67. The minimum Gasteiger partial charge on any atom is -0.479 e. The molecule has 0 radical (unpaired) electrons. The predicted octanol–water partition coefficient (Wildman–Crippen LogP) is 5.17. The second-order valence-electron chi connectivity index (χ2n) is 7.93. The highest BCUT2D eigenvalue weighted by Crippen LogP contribution is 2.36. The number of pyridine rings is 1. The quantitative estimate of drug-likeness (QED) is 0.371. The number of methoxy groups -OCH3 is 1. The van der Waals surface area contributed by atoms with Crippen molar-refractivity contribution in [1.29, 1.82) is 0 Å². The molecule has 0 unspecified atom stereocenters. The standard InChI is InChI=1S/C24H22BrFN6O/c1-15-13-31(14-27-15)21-9-6-17(28-24(21)33-2)7-10-22-29-23-19(4-3-11-32(23)30-22)18-8-5-16(26)12-20(18)25/h5-10,12-14,19H,3-4,11H2,1-2H3/t19-/m0/s1. The summed E-state index contributed by atoms with van der Waals surface area (Å²) in [5.41, 5.74) is 3.50. The Hall–Kier alpha value is -3.33. The third-order valence-electron chi connectivity index (χ3n) is 5.68. The fourth-order valence-corrected chi connectivity index (χ4v) is 4.75. The van der Waals surface area contributed by atoms with Gasteiger partial charge in [-0.05, 0) is 61.7 Å². The molecule has 33 heavy (non-hydrogen) atoms. The third-order valence-corrected chi connectivity index (χ3v) is 6.36. The molecule has 0 bridgehead atoms. The molecule has 1 aliphatic rings. The molecule has 0 spiro atoms. The number of nitrogens with zero attached hydrogens (tertiary/aromatic N) is 6. The van der Waals surface area contributed by atoms with Crippen LogP contribution in [-0.2, 0) is 6.54 Å². The zero-order chi connectivity index (χ0) is 22.9. The maximum atomic E-state index is 13.6. The molecule has 0 N–H and O–H groups in total. The molecule has 1 aliphatic heterocycles. The summed E-state index contributed by atoms with van der Waals surface area (Å²) >= 11 is 3.50. The minimum atomic E-state index is -0.261. The number of fused-ring (bicyclic) bond motifs is 1. The van der Waals surface area contributed by atoms with Crippen molar-refractivity contribution in [3.63, 3.8) is 0 Å². The summed E-state index contributed by atoms with van der Waals surface area (Å²) in [6.07, 6.45) is 9.31. The first kappa shape index (κ1) is 21.5. The van der Waals surface area contributed by atoms with Crippen LogP contribution in [0.5, 0.6) is 5.88 Å². The Labute approximate surface area is 199 Å². The lowest BCUT2D eigenvalue weighted by Crippen LogP contribution is -2.18. The van der Waals surface area contributed by atoms with Crippen LogP contribution in [0.1, 0.15) is 47.4 Å². The molecule has 0 saturated heterocycles. The number of aryl methyl sites for hydroxylation is 2. The third kappa shape index (κ3) is 4.32. The Kier molecular flexibility index (Phi) is 5.80. The highest BCUT2D eigenvalue weighted by Gasteiger charge is 2.27. The molecule has 0 amide bonds. The van der Waals surface area contributed by atoms with E-state index in [9.17, 15) is 4.39 Å². The second-order valence-corrected chi connectivity index (χ2v) is 8.79. The van der Waals surface area contributed by atoms with Crippen LogP contribution in [0.25, 0.3) is 17.8 Å². The number of benzene rings is 1. The second kappa shape index (κ2) is 8.90. The van der Waals surface area contributed by atoms with Crippen molar-refractivity contribution in [2.45, 2.75) is 32.2 Å². The molecule has 0 saturated carbocycles. The van der Waals surface area contributed by atoms with Gasteiger partial charge >= 0.3 is 0 Å². The number of rotatable bonds is 5. The Morgan fingerprint density at radius 2 is 2.06 bits per heavy atom. The zero-order valence-corrected chi connectivity index (χ0v) is 19.8. The van der Waals surface area contributed by atoms with Crippen molar-refractivity contribution in [3.8, 4) is 11.6 Å². The molecule has 9 heteroatoms. The lowest BCUT2D eigenvalue weighted by atomic mass is 9.91. The van der Waals surface area contributed by atoms with Crippen LogP contribution in [0.15, 0.2) is 47.3 Å². The van der Waals surface area contributed by atoms with E-state index < -0.39 is 0 Å². The van der Waals surface area contributed by atoms with Gasteiger partial charge in [0.1, 0.15) is 17.3 Å². The molecule has 5 rings (SSSR count). The summed E-state index contributed by atoms with van der Waals surface area (Å²) in [4.78, 5) is 13.6. The molecule has 1 aromatic carbocycles. The van der Waals surface area contributed by atoms with E-state index >= 15 is 0 Å². The molecule has 7 nitrogen and oxygen atoms in total. The predicted molar refractivity (Wildman–Crippen MR) is 127 cm³/mol. The van der Waals surface area contributed by atoms with Crippen molar-refractivity contribution in [1.82, 2.24) is 29.3 Å². The average Bonchev–Trinajstić information content (AvgIpc) is 3.43. The van der Waals surface area contributed by atoms with Crippen molar-refractivity contribution in [3.05, 3.63) is 81.7 Å². The Morgan fingerprint density at radius 3 is 2.82 bits per heavy atom. The molecule has 4 heterocycles. The molecular weight excluding hydrogens is 487 g/mol. The molecule has 0 fully saturated rings. The van der Waals surface area contributed by atoms with Gasteiger partial charge in [-0.1, -0.05) is 22.0 Å². The van der Waals surface area contributed by atoms with Crippen LogP contribution in [0.4, 0.5) is 4.39 Å². The van der Waals surface area contributed by atoms with E-state index in [-0.39, 0.29) is 11.7 Å². The fourth-order valence-electron chi connectivity index (χ4n) is 4.12. The molecule has 0 aliphatic carbocycles. The molecule has 4 aromatic rings. The van der Waals surface area contributed by atoms with E-state index in [1.165, 1.54) is 12.1 Å². The topological polar surface area (TPSA) is 70.7 Å². The Morgan fingerprint density at radius 1 is 1.18 bits per heavy atom. The molecule has 168 valence electrons. The Bertz CT molecular complexity index is 1340. The summed E-state index contributed by atoms with van der Waals surface area (Å²) in [5, 5.41) is 4.66. The molecular formula is C24H22BrFN6O. The summed E-state index contributed by atoms with van der Waals surface area (Å²) in [5.74, 6) is 1.82. The van der Waals surface area contributed by atoms with Crippen LogP contribution >= 0.6 is 15.9 Å². The van der Waals surface area contributed by atoms with Gasteiger partial charge in [0, 0.05) is 23.1 Å². The maximum absolute atomic E-state index is 13.6. The van der Waals surface area contributed by atoms with Crippen LogP contribution in [-0.4, -0.2) is 36.4 Å². The van der Waals surface area contributed by atoms with Gasteiger partial charge in [-0.2, -0.15) is 5.10 Å². The fraction of sp³-hybridized carbons (Fsp3) is 0.250. The van der Waals surface area contributed by atoms with Crippen molar-refractivity contribution in [2.24, 2.45) is 0 Å². The first-order valence-electron chi connectivity index (χ1n) is 10.7.